The van der Waals surface area contributed by atoms with Crippen LogP contribution in [0.2, 0.25) is 0 Å². The van der Waals surface area contributed by atoms with Crippen LogP contribution in [0.25, 0.3) is 6.08 Å². The molecule has 2 rings (SSSR count). The first-order valence-electron chi connectivity index (χ1n) is 5.60. The quantitative estimate of drug-likeness (QED) is 0.624. The predicted octanol–water partition coefficient (Wildman–Crippen LogP) is 0.638. The number of carbonyl (C=O) groups is 2. The lowest BCUT2D eigenvalue weighted by Crippen LogP contribution is -2.09. The van der Waals surface area contributed by atoms with Gasteiger partial charge in [0.15, 0.2) is 0 Å². The smallest absolute Gasteiger partial charge is 0.337 e. The monoisotopic (exact) mass is 273 g/mol. The Bertz CT molecular complexity index is 619. The summed E-state index contributed by atoms with van der Waals surface area (Å²) in [5.74, 6) is -0.695. The number of nitrogens with zero attached hydrogens (tertiary/aromatic N) is 3. The zero-order valence-corrected chi connectivity index (χ0v) is 10.5. The molecule has 1 aromatic carbocycles. The lowest BCUT2D eigenvalue weighted by molar-refractivity contribution is -0.111. The first-order chi connectivity index (χ1) is 9.69. The van der Waals surface area contributed by atoms with E-state index >= 15 is 0 Å². The lowest BCUT2D eigenvalue weighted by Gasteiger charge is -1.99. The van der Waals surface area contributed by atoms with E-state index in [1.54, 1.807) is 30.3 Å². The Hall–Kier alpha value is -3.03. The molecule has 8 nitrogen and oxygen atoms in total. The fraction of sp³-hybridized carbons (Fsp3) is 0.0833. The number of methoxy groups -OCH3 is 1. The van der Waals surface area contributed by atoms with Crippen LogP contribution in [0.3, 0.4) is 0 Å². The number of rotatable bonds is 4. The van der Waals surface area contributed by atoms with Crippen LogP contribution in [0.1, 0.15) is 15.9 Å². The third kappa shape index (κ3) is 3.48. The fourth-order valence-corrected chi connectivity index (χ4v) is 1.39. The number of hydrogen-bond acceptors (Lipinski definition) is 6. The summed E-state index contributed by atoms with van der Waals surface area (Å²) in [4.78, 5) is 22.8. The number of aromatic amines is 1. The summed E-state index contributed by atoms with van der Waals surface area (Å²) in [5.41, 5.74) is 1.21. The topological polar surface area (TPSA) is 110 Å². The Kier molecular flexibility index (Phi) is 4.17. The molecular weight excluding hydrogens is 262 g/mol. The summed E-state index contributed by atoms with van der Waals surface area (Å²) in [5, 5.41) is 15.1. The fourth-order valence-electron chi connectivity index (χ4n) is 1.39. The number of anilines is 1. The van der Waals surface area contributed by atoms with Crippen molar-refractivity contribution in [1.82, 2.24) is 20.6 Å². The normalized spacial score (nSPS) is 10.4. The molecule has 0 aliphatic carbocycles. The van der Waals surface area contributed by atoms with Crippen molar-refractivity contribution in [3.05, 3.63) is 41.5 Å². The van der Waals surface area contributed by atoms with Gasteiger partial charge < -0.3 is 4.74 Å². The maximum atomic E-state index is 11.5. The molecule has 0 aliphatic heterocycles. The Morgan fingerprint density at radius 1 is 1.30 bits per heavy atom. The molecule has 102 valence electrons. The average Bonchev–Trinajstić information content (AvgIpc) is 2.97. The summed E-state index contributed by atoms with van der Waals surface area (Å²) < 4.78 is 4.59. The first-order valence-corrected chi connectivity index (χ1v) is 5.60. The van der Waals surface area contributed by atoms with E-state index in [1.807, 2.05) is 0 Å². The standard InChI is InChI=1S/C12H11N5O3/c1-20-11(19)9-5-2-8(3-6-9)4-7-10(18)13-12-14-16-17-15-12/h2-7H,1H3,(H2,13,14,15,16,17,18)/b7-4+. The van der Waals surface area contributed by atoms with Crippen molar-refractivity contribution in [1.29, 1.82) is 0 Å². The second-order valence-electron chi connectivity index (χ2n) is 3.67. The maximum Gasteiger partial charge on any atom is 0.337 e. The van der Waals surface area contributed by atoms with Gasteiger partial charge in [-0.3, -0.25) is 10.1 Å². The maximum absolute atomic E-state index is 11.5. The van der Waals surface area contributed by atoms with E-state index < -0.39 is 5.97 Å². The van der Waals surface area contributed by atoms with E-state index in [4.69, 9.17) is 0 Å². The van der Waals surface area contributed by atoms with Crippen LogP contribution in [-0.2, 0) is 9.53 Å². The van der Waals surface area contributed by atoms with Crippen molar-refractivity contribution in [3.8, 4) is 0 Å². The zero-order chi connectivity index (χ0) is 14.4. The minimum atomic E-state index is -0.407. The summed E-state index contributed by atoms with van der Waals surface area (Å²) >= 11 is 0. The van der Waals surface area contributed by atoms with Gasteiger partial charge in [-0.05, 0) is 29.0 Å². The number of H-pyrrole nitrogens is 1. The SMILES string of the molecule is COC(=O)c1ccc(/C=C/C(=O)Nc2nn[nH]n2)cc1. The van der Waals surface area contributed by atoms with Gasteiger partial charge in [-0.25, -0.2) is 4.79 Å². The highest BCUT2D eigenvalue weighted by atomic mass is 16.5. The van der Waals surface area contributed by atoms with Crippen LogP contribution < -0.4 is 5.32 Å². The molecule has 0 fully saturated rings. The van der Waals surface area contributed by atoms with Crippen molar-refractivity contribution in [2.45, 2.75) is 0 Å². The predicted molar refractivity (Wildman–Crippen MR) is 69.6 cm³/mol. The van der Waals surface area contributed by atoms with E-state index in [-0.39, 0.29) is 11.9 Å². The Balaban J connectivity index is 1.97. The molecule has 2 aromatic rings. The van der Waals surface area contributed by atoms with E-state index in [0.29, 0.717) is 5.56 Å². The number of hydrogen-bond donors (Lipinski definition) is 2. The average molecular weight is 273 g/mol. The van der Waals surface area contributed by atoms with Crippen LogP contribution >= 0.6 is 0 Å². The summed E-state index contributed by atoms with van der Waals surface area (Å²) in [6, 6.07) is 6.62. The number of amides is 1. The minimum absolute atomic E-state index is 0.0979. The first kappa shape index (κ1) is 13.4. The molecule has 0 bridgehead atoms. The second-order valence-corrected chi connectivity index (χ2v) is 3.67. The highest BCUT2D eigenvalue weighted by molar-refractivity contribution is 6.00. The van der Waals surface area contributed by atoms with E-state index in [0.717, 1.165) is 5.56 Å². The molecule has 1 heterocycles. The summed E-state index contributed by atoms with van der Waals surface area (Å²) in [7, 11) is 1.32. The molecule has 0 radical (unpaired) electrons. The molecule has 2 N–H and O–H groups in total. The van der Waals surface area contributed by atoms with Gasteiger partial charge in [-0.15, -0.1) is 5.10 Å². The summed E-state index contributed by atoms with van der Waals surface area (Å²) in [6.07, 6.45) is 2.92. The Labute approximate surface area is 113 Å². The minimum Gasteiger partial charge on any atom is -0.465 e. The highest BCUT2D eigenvalue weighted by Gasteiger charge is 2.04. The van der Waals surface area contributed by atoms with Gasteiger partial charge in [0.1, 0.15) is 0 Å². The number of benzene rings is 1. The van der Waals surface area contributed by atoms with E-state index in [1.165, 1.54) is 13.2 Å². The third-order valence-electron chi connectivity index (χ3n) is 2.34. The molecule has 0 aliphatic rings. The van der Waals surface area contributed by atoms with Gasteiger partial charge in [0.25, 0.3) is 11.9 Å². The Morgan fingerprint density at radius 3 is 2.65 bits per heavy atom. The number of nitrogens with one attached hydrogen (secondary N) is 2. The van der Waals surface area contributed by atoms with Gasteiger partial charge in [-0.1, -0.05) is 17.2 Å². The van der Waals surface area contributed by atoms with Gasteiger partial charge >= 0.3 is 5.97 Å². The molecule has 8 heteroatoms. The number of esters is 1. The highest BCUT2D eigenvalue weighted by Crippen LogP contribution is 2.07. The van der Waals surface area contributed by atoms with Crippen molar-refractivity contribution >= 4 is 23.9 Å². The van der Waals surface area contributed by atoms with Crippen LogP contribution in [0.15, 0.2) is 30.3 Å². The largest absolute Gasteiger partial charge is 0.465 e. The van der Waals surface area contributed by atoms with Crippen molar-refractivity contribution in [2.24, 2.45) is 0 Å². The van der Waals surface area contributed by atoms with Gasteiger partial charge in [0, 0.05) is 6.08 Å². The van der Waals surface area contributed by atoms with Crippen LogP contribution in [0.4, 0.5) is 5.95 Å². The van der Waals surface area contributed by atoms with Crippen LogP contribution in [0.5, 0.6) is 0 Å². The molecule has 0 atom stereocenters. The second kappa shape index (κ2) is 6.23. The van der Waals surface area contributed by atoms with Gasteiger partial charge in [-0.2, -0.15) is 5.21 Å². The molecule has 0 spiro atoms. The molecule has 0 saturated heterocycles. The van der Waals surface area contributed by atoms with E-state index in [9.17, 15) is 9.59 Å². The summed E-state index contributed by atoms with van der Waals surface area (Å²) in [6.45, 7) is 0. The van der Waals surface area contributed by atoms with Crippen LogP contribution in [0, 0.1) is 0 Å². The number of carbonyl (C=O) groups excluding carboxylic acids is 2. The molecule has 20 heavy (non-hydrogen) atoms. The lowest BCUT2D eigenvalue weighted by atomic mass is 10.1. The van der Waals surface area contributed by atoms with Crippen molar-refractivity contribution < 1.29 is 14.3 Å². The van der Waals surface area contributed by atoms with Crippen molar-refractivity contribution in [2.75, 3.05) is 12.4 Å². The molecule has 1 aromatic heterocycles. The number of tetrazole rings is 1. The van der Waals surface area contributed by atoms with Crippen LogP contribution in [-0.4, -0.2) is 39.6 Å². The zero-order valence-electron chi connectivity index (χ0n) is 10.5. The molecule has 0 unspecified atom stereocenters. The third-order valence-corrected chi connectivity index (χ3v) is 2.34. The molecule has 1 amide bonds. The molecular formula is C12H11N5O3. The van der Waals surface area contributed by atoms with Crippen molar-refractivity contribution in [3.63, 3.8) is 0 Å². The van der Waals surface area contributed by atoms with E-state index in [2.05, 4.69) is 30.7 Å². The van der Waals surface area contributed by atoms with Gasteiger partial charge in [0.05, 0.1) is 12.7 Å². The number of aromatic nitrogens is 4. The number of ether oxygens (including phenoxy) is 1. The molecule has 0 saturated carbocycles. The van der Waals surface area contributed by atoms with Gasteiger partial charge in [0.2, 0.25) is 0 Å². The Morgan fingerprint density at radius 2 is 2.05 bits per heavy atom.